The second-order valence-corrected chi connectivity index (χ2v) is 8.29. The van der Waals surface area contributed by atoms with Crippen molar-refractivity contribution in [1.29, 1.82) is 0 Å². The van der Waals surface area contributed by atoms with E-state index >= 15 is 0 Å². The van der Waals surface area contributed by atoms with E-state index in [2.05, 4.69) is 10.6 Å². The number of imide groups is 1. The predicted molar refractivity (Wildman–Crippen MR) is 132 cm³/mol. The Hall–Kier alpha value is -4.18. The first-order valence-corrected chi connectivity index (χ1v) is 11.6. The van der Waals surface area contributed by atoms with Crippen LogP contribution in [0.1, 0.15) is 18.1 Å². The largest absolute Gasteiger partial charge is 0.497 e. The normalized spacial score (nSPS) is 11.7. The van der Waals surface area contributed by atoms with Crippen LogP contribution in [0.15, 0.2) is 59.4 Å². The molecule has 0 aliphatic rings. The highest BCUT2D eigenvalue weighted by Gasteiger charge is 2.13. The van der Waals surface area contributed by atoms with Crippen molar-refractivity contribution in [3.8, 4) is 5.75 Å². The molecule has 3 aromatic rings. The van der Waals surface area contributed by atoms with Gasteiger partial charge in [0.2, 0.25) is 5.91 Å². The first kappa shape index (κ1) is 25.4. The molecule has 0 bridgehead atoms. The van der Waals surface area contributed by atoms with Crippen molar-refractivity contribution in [2.45, 2.75) is 20.0 Å². The standard InChI is InChI=1S/C25H25N3O6S/c1-3-34-23(30)14-22-28(16-21(29)27-25(32)26-15-18-7-5-4-6-8-18)24(31)20(35-22)13-17-9-11-19(33-2)12-10-17/h4-14H,3,15-16H2,1-2H3,(H2,26,27,29,32)/b20-13-,22-14?. The predicted octanol–water partition coefficient (Wildman–Crippen LogP) is 1.12. The fourth-order valence-corrected chi connectivity index (χ4v) is 4.09. The lowest BCUT2D eigenvalue weighted by Gasteiger charge is -2.07. The lowest BCUT2D eigenvalue weighted by molar-refractivity contribution is -0.135. The van der Waals surface area contributed by atoms with Gasteiger partial charge in [0, 0.05) is 6.54 Å². The lowest BCUT2D eigenvalue weighted by atomic mass is 10.2. The van der Waals surface area contributed by atoms with Crippen LogP contribution in [0.4, 0.5) is 4.79 Å². The molecule has 0 saturated carbocycles. The number of ether oxygens (including phenoxy) is 2. The fraction of sp³-hybridized carbons (Fsp3) is 0.200. The van der Waals surface area contributed by atoms with E-state index in [1.807, 2.05) is 30.3 Å². The molecule has 0 atom stereocenters. The number of carbonyl (C=O) groups is 3. The molecule has 10 heteroatoms. The van der Waals surface area contributed by atoms with Crippen LogP contribution in [0.25, 0.3) is 12.2 Å². The van der Waals surface area contributed by atoms with E-state index in [1.165, 1.54) is 0 Å². The minimum Gasteiger partial charge on any atom is -0.497 e. The Morgan fingerprint density at radius 3 is 2.43 bits per heavy atom. The van der Waals surface area contributed by atoms with Gasteiger partial charge in [0.25, 0.3) is 5.56 Å². The first-order valence-electron chi connectivity index (χ1n) is 10.7. The van der Waals surface area contributed by atoms with Gasteiger partial charge in [-0.25, -0.2) is 9.59 Å². The molecule has 2 N–H and O–H groups in total. The highest BCUT2D eigenvalue weighted by molar-refractivity contribution is 7.07. The van der Waals surface area contributed by atoms with Gasteiger partial charge < -0.3 is 14.8 Å². The zero-order valence-corrected chi connectivity index (χ0v) is 20.1. The van der Waals surface area contributed by atoms with Gasteiger partial charge in [-0.2, -0.15) is 0 Å². The molecule has 1 aromatic heterocycles. The Morgan fingerprint density at radius 1 is 1.06 bits per heavy atom. The van der Waals surface area contributed by atoms with Gasteiger partial charge in [0.15, 0.2) is 0 Å². The van der Waals surface area contributed by atoms with E-state index in [4.69, 9.17) is 9.47 Å². The number of nitrogens with one attached hydrogen (secondary N) is 2. The molecule has 3 amide bonds. The van der Waals surface area contributed by atoms with Crippen molar-refractivity contribution in [2.24, 2.45) is 0 Å². The molecular weight excluding hydrogens is 470 g/mol. The molecule has 0 saturated heterocycles. The highest BCUT2D eigenvalue weighted by Crippen LogP contribution is 2.11. The summed E-state index contributed by atoms with van der Waals surface area (Å²) in [5, 5.41) is 4.79. The number of nitrogens with zero attached hydrogens (tertiary/aromatic N) is 1. The summed E-state index contributed by atoms with van der Waals surface area (Å²) in [7, 11) is 1.56. The van der Waals surface area contributed by atoms with Gasteiger partial charge in [0.1, 0.15) is 17.0 Å². The van der Waals surface area contributed by atoms with E-state index < -0.39 is 30.0 Å². The first-order chi connectivity index (χ1) is 16.9. The van der Waals surface area contributed by atoms with E-state index in [0.29, 0.717) is 10.3 Å². The Kier molecular flexibility index (Phi) is 8.96. The van der Waals surface area contributed by atoms with Crippen LogP contribution in [-0.4, -0.2) is 36.2 Å². The summed E-state index contributed by atoms with van der Waals surface area (Å²) in [6.07, 6.45) is 2.81. The Morgan fingerprint density at radius 2 is 1.77 bits per heavy atom. The third-order valence-electron chi connectivity index (χ3n) is 4.73. The number of benzene rings is 2. The number of carbonyl (C=O) groups excluding carboxylic acids is 3. The van der Waals surface area contributed by atoms with Crippen LogP contribution >= 0.6 is 11.3 Å². The van der Waals surface area contributed by atoms with Gasteiger partial charge in [0.05, 0.1) is 24.3 Å². The second-order valence-electron chi connectivity index (χ2n) is 7.23. The highest BCUT2D eigenvalue weighted by atomic mass is 32.1. The van der Waals surface area contributed by atoms with Crippen LogP contribution in [0.2, 0.25) is 0 Å². The number of thiazole rings is 1. The quantitative estimate of drug-likeness (QED) is 0.453. The molecule has 182 valence electrons. The van der Waals surface area contributed by atoms with Gasteiger partial charge in [-0.1, -0.05) is 42.5 Å². The summed E-state index contributed by atoms with van der Waals surface area (Å²) < 4.78 is 11.8. The Labute approximate surface area is 205 Å². The van der Waals surface area contributed by atoms with Crippen molar-refractivity contribution in [3.63, 3.8) is 0 Å². The maximum atomic E-state index is 13.1. The van der Waals surface area contributed by atoms with E-state index in [9.17, 15) is 19.2 Å². The monoisotopic (exact) mass is 495 g/mol. The number of methoxy groups -OCH3 is 1. The minimum absolute atomic E-state index is 0.165. The van der Waals surface area contributed by atoms with Crippen LogP contribution < -0.4 is 30.1 Å². The number of aromatic nitrogens is 1. The third kappa shape index (κ3) is 7.41. The lowest BCUT2D eigenvalue weighted by Crippen LogP contribution is -2.44. The number of hydrogen-bond acceptors (Lipinski definition) is 7. The number of amides is 3. The fourth-order valence-electron chi connectivity index (χ4n) is 3.06. The summed E-state index contributed by atoms with van der Waals surface area (Å²) in [5.74, 6) is -0.672. The third-order valence-corrected chi connectivity index (χ3v) is 5.79. The average Bonchev–Trinajstić information content (AvgIpc) is 3.12. The van der Waals surface area contributed by atoms with Crippen molar-refractivity contribution in [3.05, 3.63) is 85.3 Å². The molecule has 0 fully saturated rings. The summed E-state index contributed by atoms with van der Waals surface area (Å²) in [4.78, 5) is 49.7. The maximum Gasteiger partial charge on any atom is 0.333 e. The number of esters is 1. The SMILES string of the molecule is CCOC(=O)C=c1s/c(=C\c2ccc(OC)cc2)c(=O)n1CC(=O)NC(=O)NCc1ccccc1. The summed E-state index contributed by atoms with van der Waals surface area (Å²) in [6.45, 7) is 1.62. The summed E-state index contributed by atoms with van der Waals surface area (Å²) >= 11 is 1.04. The average molecular weight is 496 g/mol. The Bertz CT molecular complexity index is 1360. The molecule has 35 heavy (non-hydrogen) atoms. The number of urea groups is 1. The number of rotatable bonds is 8. The minimum atomic E-state index is -0.704. The smallest absolute Gasteiger partial charge is 0.333 e. The molecule has 0 spiro atoms. The molecule has 3 rings (SSSR count). The zero-order chi connectivity index (χ0) is 25.2. The van der Waals surface area contributed by atoms with Crippen LogP contribution in [0.3, 0.4) is 0 Å². The van der Waals surface area contributed by atoms with E-state index in [1.54, 1.807) is 44.4 Å². The second kappa shape index (κ2) is 12.3. The zero-order valence-electron chi connectivity index (χ0n) is 19.3. The molecule has 0 unspecified atom stereocenters. The molecular formula is C25H25N3O6S. The van der Waals surface area contributed by atoms with E-state index in [-0.39, 0.29) is 17.8 Å². The topological polar surface area (TPSA) is 116 Å². The van der Waals surface area contributed by atoms with Crippen molar-refractivity contribution >= 4 is 41.4 Å². The summed E-state index contributed by atoms with van der Waals surface area (Å²) in [5.41, 5.74) is 1.14. The van der Waals surface area contributed by atoms with Crippen LogP contribution in [0, 0.1) is 0 Å². The molecule has 1 heterocycles. The van der Waals surface area contributed by atoms with Gasteiger partial charge >= 0.3 is 12.0 Å². The van der Waals surface area contributed by atoms with Gasteiger partial charge in [-0.15, -0.1) is 11.3 Å². The number of hydrogen-bond donors (Lipinski definition) is 2. The van der Waals surface area contributed by atoms with Crippen molar-refractivity contribution in [1.82, 2.24) is 15.2 Å². The molecule has 0 aliphatic carbocycles. The molecule has 0 radical (unpaired) electrons. The molecule has 0 aliphatic heterocycles. The summed E-state index contributed by atoms with van der Waals surface area (Å²) in [6, 6.07) is 15.6. The Balaban J connectivity index is 1.82. The van der Waals surface area contributed by atoms with Crippen molar-refractivity contribution < 1.29 is 23.9 Å². The van der Waals surface area contributed by atoms with Crippen LogP contribution in [0.5, 0.6) is 5.75 Å². The molecule has 9 nitrogen and oxygen atoms in total. The molecule has 2 aromatic carbocycles. The van der Waals surface area contributed by atoms with Gasteiger partial charge in [-0.05, 0) is 36.3 Å². The van der Waals surface area contributed by atoms with Crippen LogP contribution in [-0.2, 0) is 27.4 Å². The maximum absolute atomic E-state index is 13.1. The van der Waals surface area contributed by atoms with Gasteiger partial charge in [-0.3, -0.25) is 19.5 Å². The van der Waals surface area contributed by atoms with E-state index in [0.717, 1.165) is 33.1 Å². The van der Waals surface area contributed by atoms with Crippen molar-refractivity contribution in [2.75, 3.05) is 13.7 Å².